The molecule has 0 spiro atoms. The van der Waals surface area contributed by atoms with Crippen LogP contribution in [0.4, 0.5) is 17.1 Å². The summed E-state index contributed by atoms with van der Waals surface area (Å²) < 4.78 is 3.84. The summed E-state index contributed by atoms with van der Waals surface area (Å²) >= 11 is 3.65. The van der Waals surface area contributed by atoms with Crippen molar-refractivity contribution in [2.45, 2.75) is 0 Å². The molecule has 0 aliphatic heterocycles. The normalized spacial score (nSPS) is 11.4. The minimum atomic E-state index is 1.06. The van der Waals surface area contributed by atoms with Gasteiger partial charge in [0.2, 0.25) is 0 Å². The monoisotopic (exact) mass is 788 g/mol. The second-order valence-electron chi connectivity index (χ2n) is 14.7. The van der Waals surface area contributed by atoms with Crippen LogP contribution in [0.25, 0.3) is 85.5 Å². The Morgan fingerprint density at radius 2 is 0.847 bits per heavy atom. The highest BCUT2D eigenvalue weighted by molar-refractivity contribution is 7.28. The van der Waals surface area contributed by atoms with Gasteiger partial charge in [-0.2, -0.15) is 0 Å². The Kier molecular flexibility index (Phi) is 8.92. The Hall–Kier alpha value is -7.11. The quantitative estimate of drug-likeness (QED) is 0.152. The predicted molar refractivity (Wildman–Crippen MR) is 254 cm³/mol. The second-order valence-corrected chi connectivity index (χ2v) is 16.8. The number of fused-ring (bicyclic) bond motifs is 5. The summed E-state index contributed by atoms with van der Waals surface area (Å²) in [5.74, 6) is 0. The molecule has 0 N–H and O–H groups in total. The third-order valence-electron chi connectivity index (χ3n) is 11.1. The maximum atomic E-state index is 5.03. The van der Waals surface area contributed by atoms with Crippen LogP contribution >= 0.6 is 22.7 Å². The number of rotatable bonds is 8. The molecule has 0 aliphatic rings. The predicted octanol–water partition coefficient (Wildman–Crippen LogP) is 16.5. The first-order valence-corrected chi connectivity index (χ1v) is 21.5. The van der Waals surface area contributed by atoms with Crippen LogP contribution in [0, 0.1) is 0 Å². The first-order valence-electron chi connectivity index (χ1n) is 19.9. The van der Waals surface area contributed by atoms with E-state index in [1.54, 1.807) is 11.3 Å². The molecule has 0 fully saturated rings. The molecule has 2 heterocycles. The van der Waals surface area contributed by atoms with Crippen molar-refractivity contribution in [3.05, 3.63) is 218 Å². The lowest BCUT2D eigenvalue weighted by molar-refractivity contribution is 1.28. The summed E-state index contributed by atoms with van der Waals surface area (Å²) in [5.41, 5.74) is 15.0. The van der Waals surface area contributed by atoms with Crippen molar-refractivity contribution in [2.75, 3.05) is 4.90 Å². The van der Waals surface area contributed by atoms with Crippen molar-refractivity contribution in [1.82, 2.24) is 4.98 Å². The average Bonchev–Trinajstić information content (AvgIpc) is 3.92. The minimum Gasteiger partial charge on any atom is -0.310 e. The van der Waals surface area contributed by atoms with Gasteiger partial charge in [-0.15, -0.1) is 22.7 Å². The highest BCUT2D eigenvalue weighted by Crippen LogP contribution is 2.46. The molecule has 11 rings (SSSR count). The second kappa shape index (κ2) is 15.0. The third-order valence-corrected chi connectivity index (χ3v) is 13.4. The summed E-state index contributed by atoms with van der Waals surface area (Å²) in [5, 5.41) is 3.66. The highest BCUT2D eigenvalue weighted by atomic mass is 32.1. The first-order chi connectivity index (χ1) is 29.2. The molecule has 11 aromatic rings. The Morgan fingerprint density at radius 3 is 1.47 bits per heavy atom. The van der Waals surface area contributed by atoms with Crippen LogP contribution in [0.5, 0.6) is 0 Å². The maximum absolute atomic E-state index is 5.03. The van der Waals surface area contributed by atoms with Crippen molar-refractivity contribution in [3.63, 3.8) is 0 Å². The summed E-state index contributed by atoms with van der Waals surface area (Å²) in [6, 6.07) is 78.7. The third kappa shape index (κ3) is 6.59. The molecule has 0 aliphatic carbocycles. The highest BCUT2D eigenvalue weighted by Gasteiger charge is 2.20. The lowest BCUT2D eigenvalue weighted by Crippen LogP contribution is -2.11. The van der Waals surface area contributed by atoms with Crippen molar-refractivity contribution in [1.29, 1.82) is 0 Å². The van der Waals surface area contributed by atoms with Crippen LogP contribution in [0.2, 0.25) is 0 Å². The number of thiophene rings is 1. The van der Waals surface area contributed by atoms with E-state index < -0.39 is 0 Å². The van der Waals surface area contributed by atoms with E-state index in [2.05, 4.69) is 223 Å². The summed E-state index contributed by atoms with van der Waals surface area (Å²) in [4.78, 5) is 7.44. The summed E-state index contributed by atoms with van der Waals surface area (Å²) in [7, 11) is 0. The van der Waals surface area contributed by atoms with E-state index in [-0.39, 0.29) is 0 Å². The molecule has 59 heavy (non-hydrogen) atoms. The number of benzene rings is 9. The van der Waals surface area contributed by atoms with Crippen LogP contribution in [-0.4, -0.2) is 4.98 Å². The molecule has 0 atom stereocenters. The number of aromatic nitrogens is 1. The van der Waals surface area contributed by atoms with Gasteiger partial charge in [0.15, 0.2) is 0 Å². The van der Waals surface area contributed by atoms with Gasteiger partial charge in [0, 0.05) is 42.7 Å². The first kappa shape index (κ1) is 35.1. The smallest absolute Gasteiger partial charge is 0.124 e. The van der Waals surface area contributed by atoms with E-state index in [0.717, 1.165) is 33.1 Å². The standard InChI is InChI=1S/C55H36N2S2/c1-5-13-37(14-6-1)39-21-27-45(28-22-39)57(50-35-43(38-15-7-2-8-16-38)25-31-47(50)41-17-9-3-10-18-41)46-29-23-40(24-30-46)44-26-32-48-52(36-44)58-51-34-33-49-54(53(48)51)59-55(56-49)42-19-11-4-12-20-42/h1-36H. The molecule has 0 unspecified atom stereocenters. The molecule has 0 radical (unpaired) electrons. The van der Waals surface area contributed by atoms with Crippen LogP contribution in [-0.2, 0) is 0 Å². The van der Waals surface area contributed by atoms with Gasteiger partial charge in [0.05, 0.1) is 15.9 Å². The lowest BCUT2D eigenvalue weighted by Gasteiger charge is -2.29. The maximum Gasteiger partial charge on any atom is 0.124 e. The number of hydrogen-bond acceptors (Lipinski definition) is 4. The topological polar surface area (TPSA) is 16.1 Å². The number of hydrogen-bond donors (Lipinski definition) is 0. The number of nitrogens with zero attached hydrogens (tertiary/aromatic N) is 2. The van der Waals surface area contributed by atoms with Gasteiger partial charge in [-0.25, -0.2) is 4.98 Å². The molecular formula is C55H36N2S2. The summed E-state index contributed by atoms with van der Waals surface area (Å²) in [6.07, 6.45) is 0. The van der Waals surface area contributed by atoms with E-state index in [1.807, 2.05) is 11.3 Å². The molecule has 0 bridgehead atoms. The van der Waals surface area contributed by atoms with Gasteiger partial charge < -0.3 is 4.90 Å². The zero-order valence-corrected chi connectivity index (χ0v) is 33.6. The van der Waals surface area contributed by atoms with Crippen molar-refractivity contribution < 1.29 is 0 Å². The van der Waals surface area contributed by atoms with Crippen LogP contribution < -0.4 is 4.90 Å². The van der Waals surface area contributed by atoms with Crippen molar-refractivity contribution in [2.24, 2.45) is 0 Å². The zero-order chi connectivity index (χ0) is 39.1. The Bertz CT molecular complexity index is 3230. The Labute approximate surface area is 351 Å². The molecule has 4 heteroatoms. The van der Waals surface area contributed by atoms with E-state index in [4.69, 9.17) is 4.98 Å². The van der Waals surface area contributed by atoms with Crippen molar-refractivity contribution >= 4 is 70.1 Å². The molecule has 0 amide bonds. The van der Waals surface area contributed by atoms with Crippen LogP contribution in [0.1, 0.15) is 0 Å². The lowest BCUT2D eigenvalue weighted by atomic mass is 9.96. The van der Waals surface area contributed by atoms with Crippen LogP contribution in [0.3, 0.4) is 0 Å². The molecule has 0 saturated carbocycles. The fourth-order valence-electron chi connectivity index (χ4n) is 8.18. The fraction of sp³-hybridized carbons (Fsp3) is 0. The number of anilines is 3. The molecule has 9 aromatic carbocycles. The van der Waals surface area contributed by atoms with Gasteiger partial charge in [0.25, 0.3) is 0 Å². The molecule has 278 valence electrons. The molecule has 2 nitrogen and oxygen atoms in total. The van der Waals surface area contributed by atoms with E-state index in [1.165, 1.54) is 69.4 Å². The van der Waals surface area contributed by atoms with Gasteiger partial charge in [-0.05, 0) is 87.5 Å². The van der Waals surface area contributed by atoms with Crippen molar-refractivity contribution in [3.8, 4) is 55.1 Å². The number of thiazole rings is 1. The fourth-order valence-corrected chi connectivity index (χ4v) is 10.5. The van der Waals surface area contributed by atoms with Gasteiger partial charge in [-0.3, -0.25) is 0 Å². The largest absolute Gasteiger partial charge is 0.310 e. The van der Waals surface area contributed by atoms with Gasteiger partial charge in [0.1, 0.15) is 5.01 Å². The van der Waals surface area contributed by atoms with Gasteiger partial charge >= 0.3 is 0 Å². The average molecular weight is 789 g/mol. The SMILES string of the molecule is c1ccc(-c2ccc(N(c3ccc(-c4ccc5c(c4)sc4ccc6nc(-c7ccccc7)sc6c45)cc3)c3cc(-c4ccccc4)ccc3-c3ccccc3)cc2)cc1. The van der Waals surface area contributed by atoms with E-state index >= 15 is 0 Å². The summed E-state index contributed by atoms with van der Waals surface area (Å²) in [6.45, 7) is 0. The van der Waals surface area contributed by atoms with Crippen LogP contribution in [0.15, 0.2) is 218 Å². The van der Waals surface area contributed by atoms with E-state index in [9.17, 15) is 0 Å². The molecular weight excluding hydrogens is 753 g/mol. The zero-order valence-electron chi connectivity index (χ0n) is 32.0. The Morgan fingerprint density at radius 1 is 0.356 bits per heavy atom. The molecule has 2 aromatic heterocycles. The molecule has 0 saturated heterocycles. The minimum absolute atomic E-state index is 1.06. The van der Waals surface area contributed by atoms with Gasteiger partial charge in [-0.1, -0.05) is 170 Å². The van der Waals surface area contributed by atoms with E-state index in [0.29, 0.717) is 0 Å². The Balaban J connectivity index is 1.02.